The van der Waals surface area contributed by atoms with Crippen molar-refractivity contribution in [2.45, 2.75) is 0 Å². The predicted molar refractivity (Wildman–Crippen MR) is 241 cm³/mol. The van der Waals surface area contributed by atoms with Crippen molar-refractivity contribution in [3.8, 4) is 91.4 Å². The van der Waals surface area contributed by atoms with E-state index in [1.165, 1.54) is 0 Å². The summed E-state index contributed by atoms with van der Waals surface area (Å²) in [6, 6.07) is 68.6. The van der Waals surface area contributed by atoms with Gasteiger partial charge < -0.3 is 4.57 Å². The Labute approximate surface area is 352 Å². The summed E-state index contributed by atoms with van der Waals surface area (Å²) < 4.78 is 2.29. The number of fused-ring (bicyclic) bond motifs is 3. The van der Waals surface area contributed by atoms with E-state index in [0.717, 1.165) is 77.6 Å². The lowest BCUT2D eigenvalue weighted by Gasteiger charge is -2.21. The smallest absolute Gasteiger partial charge is 0.164 e. The summed E-state index contributed by atoms with van der Waals surface area (Å²) in [6.07, 6.45) is 0. The van der Waals surface area contributed by atoms with Gasteiger partial charge in [0.15, 0.2) is 17.5 Å². The largest absolute Gasteiger partial charge is 0.308 e. The molecule has 0 amide bonds. The van der Waals surface area contributed by atoms with Crippen LogP contribution >= 0.6 is 0 Å². The Bertz CT molecular complexity index is 3300. The number of rotatable bonds is 7. The minimum atomic E-state index is 0.476. The molecule has 61 heavy (non-hydrogen) atoms. The van der Waals surface area contributed by atoms with Gasteiger partial charge in [0, 0.05) is 38.6 Å². The Morgan fingerprint density at radius 1 is 0.328 bits per heavy atom. The number of benzene rings is 8. The molecule has 0 atom stereocenters. The second-order valence-corrected chi connectivity index (χ2v) is 14.6. The monoisotopic (exact) mass is 777 g/mol. The van der Waals surface area contributed by atoms with Crippen LogP contribution in [0.15, 0.2) is 188 Å². The van der Waals surface area contributed by atoms with Gasteiger partial charge in [-0.25, -0.2) is 15.0 Å². The third kappa shape index (κ3) is 6.73. The van der Waals surface area contributed by atoms with Gasteiger partial charge in [-0.05, 0) is 89.0 Å². The summed E-state index contributed by atoms with van der Waals surface area (Å²) in [5, 5.41) is 31.9. The lowest BCUT2D eigenvalue weighted by molar-refractivity contribution is 1.07. The molecule has 0 radical (unpaired) electrons. The van der Waals surface area contributed by atoms with Crippen molar-refractivity contribution < 1.29 is 0 Å². The molecule has 0 N–H and O–H groups in total. The van der Waals surface area contributed by atoms with E-state index in [-0.39, 0.29) is 0 Å². The van der Waals surface area contributed by atoms with Crippen LogP contribution in [-0.4, -0.2) is 19.5 Å². The average molecular weight is 778 g/mol. The highest BCUT2D eigenvalue weighted by atomic mass is 15.0. The van der Waals surface area contributed by atoms with Gasteiger partial charge in [-0.1, -0.05) is 121 Å². The Morgan fingerprint density at radius 3 is 1.36 bits per heavy atom. The SMILES string of the molecule is N#Cc1ccc(-c2ccc3c(c2)c2ccccc2n3-c2c(-c3cccc(C#N)c3)cc(-c3nc(-c4ccccc4)nc(-c4ccccc4)n3)cc2-c2cccc(C#N)c2)cc1. The van der Waals surface area contributed by atoms with Crippen molar-refractivity contribution in [1.29, 1.82) is 15.8 Å². The van der Waals surface area contributed by atoms with Gasteiger partial charge in [-0.15, -0.1) is 0 Å². The fourth-order valence-corrected chi connectivity index (χ4v) is 8.03. The fourth-order valence-electron chi connectivity index (χ4n) is 8.03. The molecule has 2 aromatic heterocycles. The molecule has 10 aromatic rings. The van der Waals surface area contributed by atoms with Gasteiger partial charge in [0.25, 0.3) is 0 Å². The van der Waals surface area contributed by atoms with E-state index < -0.39 is 0 Å². The molecule has 0 bridgehead atoms. The number of hydrogen-bond donors (Lipinski definition) is 0. The molecular formula is C54H31N7. The first-order valence-corrected chi connectivity index (χ1v) is 19.7. The quantitative estimate of drug-likeness (QED) is 0.159. The summed E-state index contributed by atoms with van der Waals surface area (Å²) in [7, 11) is 0. The van der Waals surface area contributed by atoms with Crippen LogP contribution in [0.1, 0.15) is 16.7 Å². The number of para-hydroxylation sites is 1. The molecule has 0 aliphatic rings. The first kappa shape index (κ1) is 36.4. The molecule has 7 heteroatoms. The second-order valence-electron chi connectivity index (χ2n) is 14.6. The van der Waals surface area contributed by atoms with Crippen LogP contribution in [0.2, 0.25) is 0 Å². The van der Waals surface area contributed by atoms with Crippen LogP contribution in [0.4, 0.5) is 0 Å². The topological polar surface area (TPSA) is 115 Å². The van der Waals surface area contributed by atoms with Gasteiger partial charge in [0.05, 0.1) is 51.6 Å². The molecule has 0 aliphatic carbocycles. The molecular weight excluding hydrogens is 747 g/mol. The standard InChI is InChI=1S/C54H31N7/c55-32-35-21-23-38(24-22-35)41-25-26-50-48(29-41)45-19-7-8-20-49(45)61(50)51-46(42-17-9-11-36(27-42)33-56)30-44(31-47(51)43-18-10-12-37(28-43)34-57)54-59-52(39-13-3-1-4-14-39)58-53(60-54)40-15-5-2-6-16-40/h1-31H. The van der Waals surface area contributed by atoms with E-state index in [9.17, 15) is 15.8 Å². The van der Waals surface area contributed by atoms with E-state index in [1.54, 1.807) is 12.1 Å². The van der Waals surface area contributed by atoms with Crippen molar-refractivity contribution in [2.24, 2.45) is 0 Å². The van der Waals surface area contributed by atoms with Gasteiger partial charge >= 0.3 is 0 Å². The summed E-state index contributed by atoms with van der Waals surface area (Å²) in [5.41, 5.74) is 12.3. The third-order valence-electron chi connectivity index (χ3n) is 10.9. The van der Waals surface area contributed by atoms with Gasteiger partial charge in [0.1, 0.15) is 0 Å². The van der Waals surface area contributed by atoms with Gasteiger partial charge in [-0.2, -0.15) is 15.8 Å². The Hall–Kier alpha value is -8.96. The average Bonchev–Trinajstić information content (AvgIpc) is 3.67. The zero-order valence-corrected chi connectivity index (χ0v) is 32.5. The lowest BCUT2D eigenvalue weighted by atomic mass is 9.91. The third-order valence-corrected chi connectivity index (χ3v) is 10.9. The van der Waals surface area contributed by atoms with Crippen LogP contribution in [0.5, 0.6) is 0 Å². The summed E-state index contributed by atoms with van der Waals surface area (Å²) in [6.45, 7) is 0. The first-order valence-electron chi connectivity index (χ1n) is 19.7. The van der Waals surface area contributed by atoms with Crippen molar-refractivity contribution in [3.05, 3.63) is 205 Å². The Morgan fingerprint density at radius 2 is 0.803 bits per heavy atom. The molecule has 8 aromatic carbocycles. The normalized spacial score (nSPS) is 10.9. The van der Waals surface area contributed by atoms with E-state index >= 15 is 0 Å². The molecule has 7 nitrogen and oxygen atoms in total. The lowest BCUT2D eigenvalue weighted by Crippen LogP contribution is -2.04. The molecule has 2 heterocycles. The van der Waals surface area contributed by atoms with Crippen molar-refractivity contribution in [3.63, 3.8) is 0 Å². The highest BCUT2D eigenvalue weighted by Gasteiger charge is 2.24. The minimum absolute atomic E-state index is 0.476. The molecule has 10 rings (SSSR count). The van der Waals surface area contributed by atoms with Crippen molar-refractivity contribution >= 4 is 21.8 Å². The van der Waals surface area contributed by atoms with Crippen LogP contribution in [0, 0.1) is 34.0 Å². The molecule has 0 spiro atoms. The maximum atomic E-state index is 10.2. The highest BCUT2D eigenvalue weighted by Crippen LogP contribution is 2.44. The Kier molecular flexibility index (Phi) is 9.20. The van der Waals surface area contributed by atoms with Crippen LogP contribution in [0.3, 0.4) is 0 Å². The zero-order valence-electron chi connectivity index (χ0n) is 32.5. The number of nitrogens with zero attached hydrogens (tertiary/aromatic N) is 7. The fraction of sp³-hybridized carbons (Fsp3) is 0. The zero-order chi connectivity index (χ0) is 41.3. The number of nitriles is 3. The number of hydrogen-bond acceptors (Lipinski definition) is 6. The maximum absolute atomic E-state index is 10.2. The number of aromatic nitrogens is 4. The van der Waals surface area contributed by atoms with Gasteiger partial charge in [0.2, 0.25) is 0 Å². The second kappa shape index (κ2) is 15.4. The van der Waals surface area contributed by atoms with E-state index in [0.29, 0.717) is 34.2 Å². The van der Waals surface area contributed by atoms with Crippen molar-refractivity contribution in [1.82, 2.24) is 19.5 Å². The van der Waals surface area contributed by atoms with Crippen molar-refractivity contribution in [2.75, 3.05) is 0 Å². The summed E-state index contributed by atoms with van der Waals surface area (Å²) >= 11 is 0. The van der Waals surface area contributed by atoms with Crippen LogP contribution in [-0.2, 0) is 0 Å². The van der Waals surface area contributed by atoms with E-state index in [1.807, 2.05) is 133 Å². The summed E-state index contributed by atoms with van der Waals surface area (Å²) in [4.78, 5) is 15.2. The predicted octanol–water partition coefficient (Wildman–Crippen LogP) is 12.6. The van der Waals surface area contributed by atoms with Crippen LogP contribution in [0.25, 0.3) is 95.0 Å². The molecule has 282 valence electrons. The van der Waals surface area contributed by atoms with E-state index in [4.69, 9.17) is 15.0 Å². The van der Waals surface area contributed by atoms with Gasteiger partial charge in [-0.3, -0.25) is 0 Å². The maximum Gasteiger partial charge on any atom is 0.164 e. The molecule has 0 unspecified atom stereocenters. The first-order chi connectivity index (χ1) is 30.1. The molecule has 0 aliphatic heterocycles. The minimum Gasteiger partial charge on any atom is -0.308 e. The Balaban J connectivity index is 1.32. The summed E-state index contributed by atoms with van der Waals surface area (Å²) in [5.74, 6) is 1.55. The van der Waals surface area contributed by atoms with E-state index in [2.05, 4.69) is 65.2 Å². The highest BCUT2D eigenvalue weighted by molar-refractivity contribution is 6.12. The molecule has 0 saturated heterocycles. The molecule has 0 saturated carbocycles. The van der Waals surface area contributed by atoms with Crippen LogP contribution < -0.4 is 0 Å². The molecule has 0 fully saturated rings.